The van der Waals surface area contributed by atoms with Crippen LogP contribution < -0.4 is 38.5 Å². The standard InChI is InChI=1S/C49H60N4O11S/c1-11-15-58-41-26(4)42-44(62-24-61-42)36-32-22-60-46(54)49(29-20-33(56-9)34(19-27(29)13-14-51-49)63-47(55)64-48(5,6)7)23-65-45(37(36)41)39-38-35-28(18-30(52(38)8)31(21-50)53(32)39)17-25(3)40(57-10)43(35)59-16-12-2/h17,19-20,30-32,38-39,45,51H,11-16,18,22-24H2,1-10H3/t30-,31+,32-,38-,39?,45-,49-/m1/s1. The number of methoxy groups -OCH3 is 2. The minimum atomic E-state index is -1.35. The Hall–Kier alpha value is -5.08. The summed E-state index contributed by atoms with van der Waals surface area (Å²) in [6.45, 7) is 14.9. The van der Waals surface area contributed by atoms with Crippen molar-refractivity contribution in [2.45, 2.75) is 121 Å². The van der Waals surface area contributed by atoms with Crippen molar-refractivity contribution in [3.63, 3.8) is 0 Å². The summed E-state index contributed by atoms with van der Waals surface area (Å²) >= 11 is 1.63. The summed E-state index contributed by atoms with van der Waals surface area (Å²) in [7, 11) is 5.31. The van der Waals surface area contributed by atoms with E-state index in [1.165, 1.54) is 7.11 Å². The molecule has 0 radical (unpaired) electrons. The van der Waals surface area contributed by atoms with Gasteiger partial charge in [0.15, 0.2) is 40.0 Å². The van der Waals surface area contributed by atoms with E-state index in [0.29, 0.717) is 55.4 Å². The number of piperazine rings is 1. The predicted molar refractivity (Wildman–Crippen MR) is 242 cm³/mol. The molecule has 0 saturated carbocycles. The summed E-state index contributed by atoms with van der Waals surface area (Å²) in [6, 6.07) is 6.39. The van der Waals surface area contributed by atoms with Crippen LogP contribution in [0.2, 0.25) is 0 Å². The third kappa shape index (κ3) is 7.28. The minimum absolute atomic E-state index is 0.0270. The summed E-state index contributed by atoms with van der Waals surface area (Å²) < 4.78 is 56.0. The fourth-order valence-corrected chi connectivity index (χ4v) is 12.7. The molecule has 10 rings (SSSR count). The topological polar surface area (TPSA) is 160 Å². The molecule has 3 aromatic carbocycles. The van der Waals surface area contributed by atoms with Crippen molar-refractivity contribution in [3.8, 4) is 46.3 Å². The molecule has 7 atom stereocenters. The first kappa shape index (κ1) is 45.1. The Kier molecular flexibility index (Phi) is 12.0. The molecule has 16 heteroatoms. The molecule has 7 heterocycles. The predicted octanol–water partition coefficient (Wildman–Crippen LogP) is 7.54. The summed E-state index contributed by atoms with van der Waals surface area (Å²) in [6.07, 6.45) is 1.87. The highest BCUT2D eigenvalue weighted by Crippen LogP contribution is 2.65. The maximum Gasteiger partial charge on any atom is 0.514 e. The van der Waals surface area contributed by atoms with Gasteiger partial charge >= 0.3 is 12.1 Å². The number of benzene rings is 3. The van der Waals surface area contributed by atoms with Gasteiger partial charge in [-0.15, -0.1) is 11.8 Å². The Labute approximate surface area is 385 Å². The zero-order valence-electron chi connectivity index (χ0n) is 39.0. The van der Waals surface area contributed by atoms with Gasteiger partial charge in [-0.05, 0) is 102 Å². The Morgan fingerprint density at radius 3 is 2.38 bits per heavy atom. The maximum absolute atomic E-state index is 15.2. The van der Waals surface area contributed by atoms with Crippen LogP contribution in [0.3, 0.4) is 0 Å². The first-order valence-corrected chi connectivity index (χ1v) is 23.7. The van der Waals surface area contributed by atoms with Crippen molar-refractivity contribution in [2.75, 3.05) is 60.2 Å². The van der Waals surface area contributed by atoms with Gasteiger partial charge in [-0.3, -0.25) is 15.1 Å². The van der Waals surface area contributed by atoms with Gasteiger partial charge < -0.3 is 42.6 Å². The fourth-order valence-electron chi connectivity index (χ4n) is 11.1. The molecule has 7 aliphatic heterocycles. The number of fused-ring (bicyclic) bond motifs is 9. The number of likely N-dealkylation sites (N-methyl/N-ethyl adjacent to an activating group) is 1. The Bertz CT molecular complexity index is 2450. The molecule has 7 aliphatic rings. The number of carbonyl (C=O) groups is 2. The van der Waals surface area contributed by atoms with Gasteiger partial charge in [0, 0.05) is 46.6 Å². The maximum atomic E-state index is 15.2. The molecule has 2 saturated heterocycles. The second-order valence-electron chi connectivity index (χ2n) is 18.7. The number of esters is 1. The van der Waals surface area contributed by atoms with Crippen molar-refractivity contribution in [3.05, 3.63) is 62.7 Å². The van der Waals surface area contributed by atoms with Crippen LogP contribution >= 0.6 is 11.8 Å². The molecule has 4 bridgehead atoms. The molecule has 3 aromatic rings. The average Bonchev–Trinajstić information content (AvgIpc) is 3.76. The number of nitrogens with zero attached hydrogens (tertiary/aromatic N) is 3. The molecule has 15 nitrogen and oxygen atoms in total. The number of nitriles is 1. The highest BCUT2D eigenvalue weighted by atomic mass is 32.2. The molecular weight excluding hydrogens is 853 g/mol. The summed E-state index contributed by atoms with van der Waals surface area (Å²) in [5.74, 6) is 3.54. The lowest BCUT2D eigenvalue weighted by Crippen LogP contribution is -2.69. The second kappa shape index (κ2) is 17.3. The van der Waals surface area contributed by atoms with E-state index >= 15 is 4.79 Å². The van der Waals surface area contributed by atoms with Crippen molar-refractivity contribution >= 4 is 23.9 Å². The van der Waals surface area contributed by atoms with Gasteiger partial charge in [0.1, 0.15) is 24.0 Å². The molecule has 348 valence electrons. The van der Waals surface area contributed by atoms with E-state index in [4.69, 9.17) is 42.6 Å². The zero-order chi connectivity index (χ0) is 46.1. The normalized spacial score (nSPS) is 26.4. The lowest BCUT2D eigenvalue weighted by Gasteiger charge is -2.62. The minimum Gasteiger partial charge on any atom is -0.493 e. The van der Waals surface area contributed by atoms with E-state index < -0.39 is 40.6 Å². The second-order valence-corrected chi connectivity index (χ2v) is 19.8. The molecule has 2 fully saturated rings. The van der Waals surface area contributed by atoms with Crippen molar-refractivity contribution in [1.82, 2.24) is 15.1 Å². The van der Waals surface area contributed by atoms with E-state index in [1.807, 2.05) is 13.8 Å². The number of nitrogens with one attached hydrogen (secondary N) is 1. The van der Waals surface area contributed by atoms with Gasteiger partial charge in [0.2, 0.25) is 6.79 Å². The molecule has 0 aliphatic carbocycles. The molecule has 1 unspecified atom stereocenters. The molecule has 65 heavy (non-hydrogen) atoms. The number of hydrogen-bond donors (Lipinski definition) is 1. The Morgan fingerprint density at radius 1 is 0.954 bits per heavy atom. The molecular formula is C49H60N4O11S. The van der Waals surface area contributed by atoms with Gasteiger partial charge in [0.05, 0.1) is 50.8 Å². The van der Waals surface area contributed by atoms with Crippen LogP contribution in [0.4, 0.5) is 4.79 Å². The van der Waals surface area contributed by atoms with Gasteiger partial charge in [-0.1, -0.05) is 19.9 Å². The van der Waals surface area contributed by atoms with Crippen LogP contribution in [0, 0.1) is 25.2 Å². The monoisotopic (exact) mass is 912 g/mol. The zero-order valence-corrected chi connectivity index (χ0v) is 39.8. The van der Waals surface area contributed by atoms with E-state index in [0.717, 1.165) is 63.3 Å². The lowest BCUT2D eigenvalue weighted by atomic mass is 9.71. The van der Waals surface area contributed by atoms with Crippen molar-refractivity contribution in [1.29, 1.82) is 5.26 Å². The van der Waals surface area contributed by atoms with Crippen LogP contribution in [-0.4, -0.2) is 106 Å². The number of aryl methyl sites for hydroxylation is 1. The Morgan fingerprint density at radius 2 is 1.69 bits per heavy atom. The van der Waals surface area contributed by atoms with E-state index in [1.54, 1.807) is 51.8 Å². The third-order valence-electron chi connectivity index (χ3n) is 13.6. The van der Waals surface area contributed by atoms with Gasteiger partial charge in [0.25, 0.3) is 0 Å². The van der Waals surface area contributed by atoms with Crippen molar-refractivity contribution in [2.24, 2.45) is 0 Å². The number of ether oxygens (including phenoxy) is 9. The van der Waals surface area contributed by atoms with Crippen LogP contribution in [0.25, 0.3) is 0 Å². The van der Waals surface area contributed by atoms with Crippen LogP contribution in [0.15, 0.2) is 18.2 Å². The number of carbonyl (C=O) groups excluding carboxylic acids is 2. The summed E-state index contributed by atoms with van der Waals surface area (Å²) in [4.78, 5) is 32.8. The summed E-state index contributed by atoms with van der Waals surface area (Å²) in [5.41, 5.74) is 5.10. The largest absolute Gasteiger partial charge is 0.514 e. The number of thioether (sulfide) groups is 1. The van der Waals surface area contributed by atoms with E-state index in [9.17, 15) is 10.1 Å². The quantitative estimate of drug-likeness (QED) is 0.166. The molecule has 0 amide bonds. The highest BCUT2D eigenvalue weighted by molar-refractivity contribution is 7.99. The SMILES string of the molecule is CCCOc1c(C)c2c(c3c1[C@H]1SC[C@]4(NCCc5cc(OC(=O)OC(C)(C)C)c(OC)cc54)C(=O)OC[C@H]3N3C1[C@H]1c4c(cc(C)c(OC)c4OCCC)C[C@H]([C@@H]3C#N)N1C)OCO2. The average molecular weight is 913 g/mol. The molecule has 1 spiro atoms. The summed E-state index contributed by atoms with van der Waals surface area (Å²) in [5, 5.41) is 14.6. The lowest BCUT2D eigenvalue weighted by molar-refractivity contribution is -0.157. The van der Waals surface area contributed by atoms with Gasteiger partial charge in [-0.25, -0.2) is 9.59 Å². The van der Waals surface area contributed by atoms with E-state index in [-0.39, 0.29) is 48.8 Å². The number of hydrogen-bond acceptors (Lipinski definition) is 16. The van der Waals surface area contributed by atoms with E-state index in [2.05, 4.69) is 48.1 Å². The number of rotatable bonds is 9. The first-order valence-electron chi connectivity index (χ1n) is 22.7. The third-order valence-corrected chi connectivity index (χ3v) is 15.1. The van der Waals surface area contributed by atoms with Crippen LogP contribution in [0.1, 0.15) is 109 Å². The van der Waals surface area contributed by atoms with Gasteiger partial charge in [-0.2, -0.15) is 5.26 Å². The molecule has 1 N–H and O–H groups in total. The Balaban J connectivity index is 1.27. The van der Waals surface area contributed by atoms with Crippen molar-refractivity contribution < 1.29 is 52.2 Å². The van der Waals surface area contributed by atoms with Crippen LogP contribution in [-0.2, 0) is 32.6 Å². The van der Waals surface area contributed by atoms with Crippen LogP contribution in [0.5, 0.6) is 40.2 Å². The first-order chi connectivity index (χ1) is 31.2. The molecule has 0 aromatic heterocycles. The fraction of sp³-hybridized carbons (Fsp3) is 0.571. The smallest absolute Gasteiger partial charge is 0.493 e. The highest BCUT2D eigenvalue weighted by Gasteiger charge is 2.62.